The third-order valence-electron chi connectivity index (χ3n) is 2.51. The number of esters is 1. The molecule has 0 amide bonds. The fourth-order valence-electron chi connectivity index (χ4n) is 1.55. The predicted octanol–water partition coefficient (Wildman–Crippen LogP) is 1.24. The maximum atomic E-state index is 11.3. The molecule has 0 fully saturated rings. The molecule has 18 heavy (non-hydrogen) atoms. The van der Waals surface area contributed by atoms with Gasteiger partial charge in [0.1, 0.15) is 6.04 Å². The molecule has 1 rings (SSSR count). The number of thioether (sulfide) groups is 1. The second kappa shape index (κ2) is 7.43. The molecule has 5 nitrogen and oxygen atoms in total. The number of carbonyl (C=O) groups excluding carboxylic acids is 1. The lowest BCUT2D eigenvalue weighted by molar-refractivity contribution is -0.144. The van der Waals surface area contributed by atoms with Crippen molar-refractivity contribution in [2.24, 2.45) is 12.8 Å². The molecule has 2 N–H and O–H groups in total. The first-order valence-corrected chi connectivity index (χ1v) is 7.19. The molecule has 0 radical (unpaired) electrons. The Morgan fingerprint density at radius 2 is 2.39 bits per heavy atom. The van der Waals surface area contributed by atoms with E-state index >= 15 is 0 Å². The van der Waals surface area contributed by atoms with Crippen LogP contribution < -0.4 is 5.73 Å². The van der Waals surface area contributed by atoms with Gasteiger partial charge in [-0.15, -0.1) is 0 Å². The van der Waals surface area contributed by atoms with Gasteiger partial charge in [-0.2, -0.15) is 16.9 Å². The van der Waals surface area contributed by atoms with Crippen molar-refractivity contribution in [2.45, 2.75) is 32.1 Å². The normalized spacial score (nSPS) is 12.4. The summed E-state index contributed by atoms with van der Waals surface area (Å²) >= 11 is 1.75. The van der Waals surface area contributed by atoms with Crippen molar-refractivity contribution in [3.63, 3.8) is 0 Å². The molecule has 0 saturated heterocycles. The fourth-order valence-corrected chi connectivity index (χ4v) is 2.60. The number of nitrogens with zero attached hydrogens (tertiary/aromatic N) is 2. The van der Waals surface area contributed by atoms with E-state index in [9.17, 15) is 4.79 Å². The van der Waals surface area contributed by atoms with Crippen molar-refractivity contribution >= 4 is 17.7 Å². The second-order valence-corrected chi connectivity index (χ2v) is 5.21. The summed E-state index contributed by atoms with van der Waals surface area (Å²) in [4.78, 5) is 11.3. The van der Waals surface area contributed by atoms with Gasteiger partial charge in [-0.1, -0.05) is 0 Å². The molecular weight excluding hydrogens is 250 g/mol. The van der Waals surface area contributed by atoms with Gasteiger partial charge >= 0.3 is 5.97 Å². The van der Waals surface area contributed by atoms with Crippen LogP contribution in [0.15, 0.2) is 6.07 Å². The molecule has 0 saturated carbocycles. The standard InChI is InChI=1S/C12H21N3O2S/c1-4-17-12(16)11(13)5-6-18-8-10-7-9(2)14-15(10)3/h7,11H,4-6,8,13H2,1-3H3. The highest BCUT2D eigenvalue weighted by Crippen LogP contribution is 2.14. The Balaban J connectivity index is 2.22. The smallest absolute Gasteiger partial charge is 0.322 e. The number of aryl methyl sites for hydroxylation is 2. The van der Waals surface area contributed by atoms with Crippen LogP contribution in [-0.4, -0.2) is 34.2 Å². The van der Waals surface area contributed by atoms with Gasteiger partial charge in [-0.25, -0.2) is 0 Å². The lowest BCUT2D eigenvalue weighted by Gasteiger charge is -2.09. The summed E-state index contributed by atoms with van der Waals surface area (Å²) in [5.74, 6) is 1.41. The van der Waals surface area contributed by atoms with Gasteiger partial charge in [0.05, 0.1) is 12.3 Å². The van der Waals surface area contributed by atoms with E-state index < -0.39 is 6.04 Å². The van der Waals surface area contributed by atoms with E-state index in [1.54, 1.807) is 18.7 Å². The van der Waals surface area contributed by atoms with Crippen LogP contribution in [0, 0.1) is 6.92 Å². The van der Waals surface area contributed by atoms with Crippen LogP contribution in [0.25, 0.3) is 0 Å². The molecule has 0 aliphatic heterocycles. The first-order valence-electron chi connectivity index (χ1n) is 6.04. The molecule has 0 aliphatic carbocycles. The summed E-state index contributed by atoms with van der Waals surface area (Å²) in [5.41, 5.74) is 7.92. The molecule has 1 atom stereocenters. The van der Waals surface area contributed by atoms with E-state index in [-0.39, 0.29) is 5.97 Å². The van der Waals surface area contributed by atoms with E-state index in [1.165, 1.54) is 5.69 Å². The number of hydrogen-bond donors (Lipinski definition) is 1. The minimum absolute atomic E-state index is 0.311. The summed E-state index contributed by atoms with van der Waals surface area (Å²) in [6.45, 7) is 4.14. The topological polar surface area (TPSA) is 70.1 Å². The van der Waals surface area contributed by atoms with Crippen LogP contribution >= 0.6 is 11.8 Å². The Labute approximate surface area is 112 Å². The zero-order valence-corrected chi connectivity index (χ0v) is 12.0. The highest BCUT2D eigenvalue weighted by Gasteiger charge is 2.13. The van der Waals surface area contributed by atoms with Gasteiger partial charge in [-0.05, 0) is 32.1 Å². The molecular formula is C12H21N3O2S. The molecule has 0 aliphatic rings. The predicted molar refractivity (Wildman–Crippen MR) is 73.3 cm³/mol. The van der Waals surface area contributed by atoms with Crippen molar-refractivity contribution in [2.75, 3.05) is 12.4 Å². The van der Waals surface area contributed by atoms with E-state index in [0.29, 0.717) is 13.0 Å². The maximum absolute atomic E-state index is 11.3. The largest absolute Gasteiger partial charge is 0.465 e. The Morgan fingerprint density at radius 1 is 1.67 bits per heavy atom. The Bertz CT molecular complexity index is 393. The summed E-state index contributed by atoms with van der Waals surface area (Å²) in [6.07, 6.45) is 0.639. The van der Waals surface area contributed by atoms with E-state index in [1.807, 2.05) is 18.7 Å². The van der Waals surface area contributed by atoms with Gasteiger partial charge in [0.15, 0.2) is 0 Å². The SMILES string of the molecule is CCOC(=O)C(N)CCSCc1cc(C)nn1C. The number of carbonyl (C=O) groups is 1. The Hall–Kier alpha value is -1.01. The molecule has 1 unspecified atom stereocenters. The minimum Gasteiger partial charge on any atom is -0.465 e. The molecule has 1 aromatic rings. The van der Waals surface area contributed by atoms with Crippen molar-refractivity contribution in [3.8, 4) is 0 Å². The van der Waals surface area contributed by atoms with Crippen molar-refractivity contribution in [3.05, 3.63) is 17.5 Å². The van der Waals surface area contributed by atoms with Crippen molar-refractivity contribution in [1.82, 2.24) is 9.78 Å². The fraction of sp³-hybridized carbons (Fsp3) is 0.667. The van der Waals surface area contributed by atoms with Crippen molar-refractivity contribution in [1.29, 1.82) is 0 Å². The summed E-state index contributed by atoms with van der Waals surface area (Å²) < 4.78 is 6.74. The third-order valence-corrected chi connectivity index (χ3v) is 3.54. The number of hydrogen-bond acceptors (Lipinski definition) is 5. The highest BCUT2D eigenvalue weighted by atomic mass is 32.2. The monoisotopic (exact) mass is 271 g/mol. The van der Waals surface area contributed by atoms with Gasteiger partial charge in [0.25, 0.3) is 0 Å². The molecule has 0 spiro atoms. The van der Waals surface area contributed by atoms with Crippen molar-refractivity contribution < 1.29 is 9.53 Å². The van der Waals surface area contributed by atoms with Gasteiger partial charge in [-0.3, -0.25) is 9.48 Å². The molecule has 1 heterocycles. The highest BCUT2D eigenvalue weighted by molar-refractivity contribution is 7.98. The zero-order valence-electron chi connectivity index (χ0n) is 11.2. The van der Waals surface area contributed by atoms with Crippen LogP contribution in [-0.2, 0) is 22.3 Å². The summed E-state index contributed by atoms with van der Waals surface area (Å²) in [7, 11) is 1.94. The third kappa shape index (κ3) is 4.70. The van der Waals surface area contributed by atoms with E-state index in [4.69, 9.17) is 10.5 Å². The van der Waals surface area contributed by atoms with E-state index in [2.05, 4.69) is 11.2 Å². The minimum atomic E-state index is -0.509. The first-order chi connectivity index (χ1) is 8.54. The van der Waals surface area contributed by atoms with E-state index in [0.717, 1.165) is 17.2 Å². The van der Waals surface area contributed by atoms with Gasteiger partial charge < -0.3 is 10.5 Å². The molecule has 1 aromatic heterocycles. The van der Waals surface area contributed by atoms with Crippen LogP contribution in [0.2, 0.25) is 0 Å². The Morgan fingerprint density at radius 3 is 2.94 bits per heavy atom. The van der Waals surface area contributed by atoms with Crippen LogP contribution in [0.5, 0.6) is 0 Å². The number of rotatable bonds is 7. The summed E-state index contributed by atoms with van der Waals surface area (Å²) in [6, 6.07) is 1.56. The number of ether oxygens (including phenoxy) is 1. The molecule has 6 heteroatoms. The molecule has 0 bridgehead atoms. The first kappa shape index (κ1) is 15.0. The average Bonchev–Trinajstić information content (AvgIpc) is 2.63. The lowest BCUT2D eigenvalue weighted by Crippen LogP contribution is -2.32. The van der Waals surface area contributed by atoms with Gasteiger partial charge in [0.2, 0.25) is 0 Å². The summed E-state index contributed by atoms with van der Waals surface area (Å²) in [5, 5.41) is 4.28. The number of nitrogens with two attached hydrogens (primary N) is 1. The Kier molecular flexibility index (Phi) is 6.21. The van der Waals surface area contributed by atoms with Gasteiger partial charge in [0, 0.05) is 18.5 Å². The van der Waals surface area contributed by atoms with Crippen LogP contribution in [0.1, 0.15) is 24.7 Å². The zero-order chi connectivity index (χ0) is 13.5. The van der Waals surface area contributed by atoms with Crippen LogP contribution in [0.3, 0.4) is 0 Å². The maximum Gasteiger partial charge on any atom is 0.322 e. The lowest BCUT2D eigenvalue weighted by atomic mass is 10.2. The average molecular weight is 271 g/mol. The quantitative estimate of drug-likeness (QED) is 0.597. The van der Waals surface area contributed by atoms with Crippen LogP contribution in [0.4, 0.5) is 0 Å². The second-order valence-electron chi connectivity index (χ2n) is 4.10. The number of aromatic nitrogens is 2. The molecule has 0 aromatic carbocycles. The molecule has 102 valence electrons.